The van der Waals surface area contributed by atoms with Gasteiger partial charge in [0.05, 0.1) is 7.11 Å². The molecular formula is C14H19NO3. The van der Waals surface area contributed by atoms with Gasteiger partial charge in [0, 0.05) is 37.0 Å². The summed E-state index contributed by atoms with van der Waals surface area (Å²) >= 11 is 0. The molecule has 0 aromatic heterocycles. The highest BCUT2D eigenvalue weighted by Crippen LogP contribution is 2.25. The van der Waals surface area contributed by atoms with E-state index < -0.39 is 0 Å². The van der Waals surface area contributed by atoms with E-state index in [4.69, 9.17) is 15.2 Å². The van der Waals surface area contributed by atoms with E-state index in [2.05, 4.69) is 0 Å². The first kappa shape index (κ1) is 12.9. The van der Waals surface area contributed by atoms with Gasteiger partial charge in [-0.25, -0.2) is 0 Å². The highest BCUT2D eigenvalue weighted by Gasteiger charge is 2.19. The van der Waals surface area contributed by atoms with Crippen LogP contribution in [0.5, 0.6) is 5.75 Å². The van der Waals surface area contributed by atoms with Crippen LogP contribution >= 0.6 is 0 Å². The minimum Gasteiger partial charge on any atom is -0.497 e. The number of methoxy groups -OCH3 is 1. The van der Waals surface area contributed by atoms with Crippen LogP contribution < -0.4 is 10.5 Å². The maximum atomic E-state index is 12.2. The Labute approximate surface area is 107 Å². The minimum absolute atomic E-state index is 0.113. The van der Waals surface area contributed by atoms with Crippen molar-refractivity contribution in [2.45, 2.75) is 19.3 Å². The van der Waals surface area contributed by atoms with Crippen molar-refractivity contribution in [2.75, 3.05) is 26.1 Å². The maximum absolute atomic E-state index is 12.2. The smallest absolute Gasteiger partial charge is 0.165 e. The Kier molecular flexibility index (Phi) is 4.20. The van der Waals surface area contributed by atoms with Crippen molar-refractivity contribution < 1.29 is 14.3 Å². The summed E-state index contributed by atoms with van der Waals surface area (Å²) in [5, 5.41) is 0. The molecule has 18 heavy (non-hydrogen) atoms. The second-order valence-corrected chi connectivity index (χ2v) is 4.64. The molecule has 0 atom stereocenters. The van der Waals surface area contributed by atoms with Gasteiger partial charge < -0.3 is 15.2 Å². The Balaban J connectivity index is 2.03. The lowest BCUT2D eigenvalue weighted by Crippen LogP contribution is -2.19. The molecule has 1 aromatic rings. The quantitative estimate of drug-likeness (QED) is 0.657. The molecule has 4 heteroatoms. The summed E-state index contributed by atoms with van der Waals surface area (Å²) < 4.78 is 10.4. The Morgan fingerprint density at radius 2 is 2.17 bits per heavy atom. The summed E-state index contributed by atoms with van der Waals surface area (Å²) in [6.45, 7) is 1.52. The third-order valence-electron chi connectivity index (χ3n) is 3.37. The van der Waals surface area contributed by atoms with Crippen molar-refractivity contribution in [3.63, 3.8) is 0 Å². The third-order valence-corrected chi connectivity index (χ3v) is 3.37. The largest absolute Gasteiger partial charge is 0.497 e. The summed E-state index contributed by atoms with van der Waals surface area (Å²) in [7, 11) is 1.58. The molecule has 2 rings (SSSR count). The van der Waals surface area contributed by atoms with Crippen molar-refractivity contribution in [3.8, 4) is 5.75 Å². The van der Waals surface area contributed by atoms with Gasteiger partial charge >= 0.3 is 0 Å². The molecule has 0 radical (unpaired) electrons. The van der Waals surface area contributed by atoms with Crippen LogP contribution in [0.15, 0.2) is 18.2 Å². The fourth-order valence-corrected chi connectivity index (χ4v) is 2.24. The van der Waals surface area contributed by atoms with E-state index in [1.54, 1.807) is 25.3 Å². The van der Waals surface area contributed by atoms with Crippen molar-refractivity contribution in [1.82, 2.24) is 0 Å². The van der Waals surface area contributed by atoms with E-state index in [-0.39, 0.29) is 5.78 Å². The molecule has 0 unspecified atom stereocenters. The lowest BCUT2D eigenvalue weighted by molar-refractivity contribution is 0.0601. The van der Waals surface area contributed by atoms with Crippen LogP contribution in [0.2, 0.25) is 0 Å². The van der Waals surface area contributed by atoms with Crippen LogP contribution in [0.3, 0.4) is 0 Å². The topological polar surface area (TPSA) is 61.5 Å². The number of carbonyl (C=O) groups is 1. The molecule has 0 spiro atoms. The SMILES string of the molecule is COc1ccc(C(=O)CC2CCOCC2)c(N)c1. The van der Waals surface area contributed by atoms with Crippen LogP contribution in [0.1, 0.15) is 29.6 Å². The molecule has 1 aliphatic rings. The molecule has 0 saturated carbocycles. The second kappa shape index (κ2) is 5.87. The van der Waals surface area contributed by atoms with E-state index in [1.807, 2.05) is 0 Å². The number of rotatable bonds is 4. The number of hydrogen-bond donors (Lipinski definition) is 1. The number of ketones is 1. The molecule has 1 heterocycles. The van der Waals surface area contributed by atoms with Crippen LogP contribution in [0, 0.1) is 5.92 Å². The van der Waals surface area contributed by atoms with E-state index in [0.29, 0.717) is 29.3 Å². The number of nitrogen functional groups attached to an aromatic ring is 1. The predicted octanol–water partition coefficient (Wildman–Crippen LogP) is 2.28. The maximum Gasteiger partial charge on any atom is 0.165 e. The number of benzene rings is 1. The predicted molar refractivity (Wildman–Crippen MR) is 69.9 cm³/mol. The van der Waals surface area contributed by atoms with Crippen molar-refractivity contribution in [1.29, 1.82) is 0 Å². The summed E-state index contributed by atoms with van der Waals surface area (Å²) in [5.41, 5.74) is 6.97. The van der Waals surface area contributed by atoms with Crippen molar-refractivity contribution in [3.05, 3.63) is 23.8 Å². The summed E-state index contributed by atoms with van der Waals surface area (Å²) in [5.74, 6) is 1.21. The molecule has 0 aliphatic carbocycles. The van der Waals surface area contributed by atoms with Gasteiger partial charge in [0.15, 0.2) is 5.78 Å². The Bertz CT molecular complexity index is 425. The molecule has 1 aromatic carbocycles. The minimum atomic E-state index is 0.113. The van der Waals surface area contributed by atoms with E-state index in [1.165, 1.54) is 0 Å². The van der Waals surface area contributed by atoms with E-state index in [0.717, 1.165) is 26.1 Å². The van der Waals surface area contributed by atoms with Gasteiger partial charge in [-0.2, -0.15) is 0 Å². The Morgan fingerprint density at radius 3 is 2.78 bits per heavy atom. The Morgan fingerprint density at radius 1 is 1.44 bits per heavy atom. The van der Waals surface area contributed by atoms with Gasteiger partial charge in [0.2, 0.25) is 0 Å². The molecule has 2 N–H and O–H groups in total. The highest BCUT2D eigenvalue weighted by molar-refractivity contribution is 6.01. The fraction of sp³-hybridized carbons (Fsp3) is 0.500. The molecule has 1 aliphatic heterocycles. The molecule has 1 fully saturated rings. The first-order valence-corrected chi connectivity index (χ1v) is 6.25. The van der Waals surface area contributed by atoms with Crippen LogP contribution in [0.25, 0.3) is 0 Å². The fourth-order valence-electron chi connectivity index (χ4n) is 2.24. The number of hydrogen-bond acceptors (Lipinski definition) is 4. The van der Waals surface area contributed by atoms with Gasteiger partial charge in [-0.05, 0) is 30.9 Å². The zero-order valence-electron chi connectivity index (χ0n) is 10.6. The number of anilines is 1. The third kappa shape index (κ3) is 3.01. The molecule has 98 valence electrons. The molecule has 1 saturated heterocycles. The first-order valence-electron chi connectivity index (χ1n) is 6.25. The second-order valence-electron chi connectivity index (χ2n) is 4.64. The van der Waals surface area contributed by atoms with E-state index >= 15 is 0 Å². The Hall–Kier alpha value is -1.55. The van der Waals surface area contributed by atoms with Gasteiger partial charge in [0.1, 0.15) is 5.75 Å². The average molecular weight is 249 g/mol. The summed E-state index contributed by atoms with van der Waals surface area (Å²) in [6.07, 6.45) is 2.48. The first-order chi connectivity index (χ1) is 8.70. The van der Waals surface area contributed by atoms with Gasteiger partial charge in [0.25, 0.3) is 0 Å². The lowest BCUT2D eigenvalue weighted by Gasteiger charge is -2.21. The molecule has 0 amide bonds. The zero-order chi connectivity index (χ0) is 13.0. The van der Waals surface area contributed by atoms with Crippen molar-refractivity contribution in [2.24, 2.45) is 5.92 Å². The number of nitrogens with two attached hydrogens (primary N) is 1. The van der Waals surface area contributed by atoms with Crippen LogP contribution in [-0.2, 0) is 4.74 Å². The molecule has 4 nitrogen and oxygen atoms in total. The number of carbonyl (C=O) groups excluding carboxylic acids is 1. The van der Waals surface area contributed by atoms with Gasteiger partial charge in [-0.3, -0.25) is 4.79 Å². The van der Waals surface area contributed by atoms with Gasteiger partial charge in [-0.15, -0.1) is 0 Å². The van der Waals surface area contributed by atoms with Crippen molar-refractivity contribution >= 4 is 11.5 Å². The number of ether oxygens (including phenoxy) is 2. The van der Waals surface area contributed by atoms with Crippen LogP contribution in [0.4, 0.5) is 5.69 Å². The summed E-state index contributed by atoms with van der Waals surface area (Å²) in [4.78, 5) is 12.2. The van der Waals surface area contributed by atoms with E-state index in [9.17, 15) is 4.79 Å². The molecule has 0 bridgehead atoms. The average Bonchev–Trinajstić information content (AvgIpc) is 2.39. The standard InChI is InChI=1S/C14H19NO3/c1-17-11-2-3-12(13(15)9-11)14(16)8-10-4-6-18-7-5-10/h2-3,9-10H,4-8,15H2,1H3. The zero-order valence-corrected chi connectivity index (χ0v) is 10.6. The molecular weight excluding hydrogens is 230 g/mol. The number of Topliss-reactive ketones (excluding diaryl/α,β-unsaturated/α-hetero) is 1. The normalized spacial score (nSPS) is 16.5. The summed E-state index contributed by atoms with van der Waals surface area (Å²) in [6, 6.07) is 5.21. The monoisotopic (exact) mass is 249 g/mol. The van der Waals surface area contributed by atoms with Gasteiger partial charge in [-0.1, -0.05) is 0 Å². The highest BCUT2D eigenvalue weighted by atomic mass is 16.5. The van der Waals surface area contributed by atoms with Crippen LogP contribution in [-0.4, -0.2) is 26.1 Å². The lowest BCUT2D eigenvalue weighted by atomic mass is 9.91.